The van der Waals surface area contributed by atoms with Crippen molar-refractivity contribution in [1.82, 2.24) is 5.32 Å². The van der Waals surface area contributed by atoms with E-state index in [9.17, 15) is 4.79 Å². The van der Waals surface area contributed by atoms with Gasteiger partial charge in [-0.25, -0.2) is 0 Å². The topological polar surface area (TPSA) is 67.2 Å². The number of nitrogens with one attached hydrogen (secondary N) is 2. The number of anilines is 1. The van der Waals surface area contributed by atoms with E-state index in [4.69, 9.17) is 17.3 Å². The van der Waals surface area contributed by atoms with Crippen LogP contribution in [0.5, 0.6) is 0 Å². The quantitative estimate of drug-likeness (QED) is 0.680. The van der Waals surface area contributed by atoms with Gasteiger partial charge in [-0.15, -0.1) is 0 Å². The Kier molecular flexibility index (Phi) is 5.25. The zero-order valence-electron chi connectivity index (χ0n) is 10.1. The molecule has 1 rings (SSSR count). The fourth-order valence-electron chi connectivity index (χ4n) is 1.37. The number of nitrogens with two attached hydrogens (primary N) is 1. The van der Waals surface area contributed by atoms with Crippen LogP contribution < -0.4 is 16.4 Å². The predicted octanol–water partition coefficient (Wildman–Crippen LogP) is 1.85. The van der Waals surface area contributed by atoms with Crippen LogP contribution in [0.25, 0.3) is 0 Å². The van der Waals surface area contributed by atoms with Crippen LogP contribution in [0.2, 0.25) is 5.02 Å². The molecular weight excluding hydrogens is 238 g/mol. The molecule has 0 spiro atoms. The van der Waals surface area contributed by atoms with Gasteiger partial charge in [0.2, 0.25) is 5.91 Å². The molecule has 17 heavy (non-hydrogen) atoms. The first-order valence-corrected chi connectivity index (χ1v) is 5.95. The van der Waals surface area contributed by atoms with Crippen LogP contribution in [0, 0.1) is 0 Å². The molecule has 0 fully saturated rings. The molecule has 1 aromatic rings. The third-order valence-electron chi connectivity index (χ3n) is 2.25. The number of benzene rings is 1. The van der Waals surface area contributed by atoms with Crippen LogP contribution in [0.4, 0.5) is 5.69 Å². The van der Waals surface area contributed by atoms with Gasteiger partial charge in [0.25, 0.3) is 0 Å². The second-order valence-electron chi connectivity index (χ2n) is 4.09. The van der Waals surface area contributed by atoms with Gasteiger partial charge in [0.1, 0.15) is 0 Å². The predicted molar refractivity (Wildman–Crippen MR) is 71.6 cm³/mol. The number of halogens is 1. The summed E-state index contributed by atoms with van der Waals surface area (Å²) in [6, 6.07) is 5.45. The number of hydrogen-bond acceptors (Lipinski definition) is 3. The first kappa shape index (κ1) is 13.8. The number of primary amides is 1. The minimum absolute atomic E-state index is 0.417. The van der Waals surface area contributed by atoms with Crippen LogP contribution in [0.3, 0.4) is 0 Å². The molecule has 1 aromatic carbocycles. The van der Waals surface area contributed by atoms with Gasteiger partial charge < -0.3 is 16.4 Å². The van der Waals surface area contributed by atoms with Gasteiger partial charge in [-0.1, -0.05) is 25.4 Å². The van der Waals surface area contributed by atoms with E-state index in [2.05, 4.69) is 24.5 Å². The van der Waals surface area contributed by atoms with Gasteiger partial charge in [0.15, 0.2) is 0 Å². The maximum absolute atomic E-state index is 10.9. The summed E-state index contributed by atoms with van der Waals surface area (Å²) < 4.78 is 0. The van der Waals surface area contributed by atoms with E-state index in [1.807, 2.05) is 0 Å². The standard InChI is InChI=1S/C12H18ClN3O/c1-8(2)15-5-6-16-11-4-3-9(12(14)17)7-10(11)13/h3-4,7-8,15-16H,5-6H2,1-2H3,(H2,14,17). The Labute approximate surface area is 107 Å². The molecular formula is C12H18ClN3O. The van der Waals surface area contributed by atoms with Crippen molar-refractivity contribution >= 4 is 23.2 Å². The molecule has 0 aliphatic rings. The number of carbonyl (C=O) groups is 1. The molecule has 0 aromatic heterocycles. The van der Waals surface area contributed by atoms with E-state index in [-0.39, 0.29) is 0 Å². The van der Waals surface area contributed by atoms with Crippen molar-refractivity contribution in [2.24, 2.45) is 5.73 Å². The lowest BCUT2D eigenvalue weighted by Gasteiger charge is -2.11. The molecule has 0 saturated carbocycles. The monoisotopic (exact) mass is 255 g/mol. The van der Waals surface area contributed by atoms with Gasteiger partial charge in [0.05, 0.1) is 10.7 Å². The second kappa shape index (κ2) is 6.47. The summed E-state index contributed by atoms with van der Waals surface area (Å²) >= 11 is 6.02. The molecule has 0 aliphatic heterocycles. The van der Waals surface area contributed by atoms with Crippen LogP contribution in [-0.2, 0) is 0 Å². The number of amides is 1. The van der Waals surface area contributed by atoms with Crippen molar-refractivity contribution in [1.29, 1.82) is 0 Å². The van der Waals surface area contributed by atoms with Crippen LogP contribution >= 0.6 is 11.6 Å². The first-order valence-electron chi connectivity index (χ1n) is 5.57. The van der Waals surface area contributed by atoms with E-state index < -0.39 is 5.91 Å². The smallest absolute Gasteiger partial charge is 0.248 e. The summed E-state index contributed by atoms with van der Waals surface area (Å²) in [7, 11) is 0. The zero-order valence-corrected chi connectivity index (χ0v) is 10.8. The lowest BCUT2D eigenvalue weighted by Crippen LogP contribution is -2.28. The summed E-state index contributed by atoms with van der Waals surface area (Å²) in [6.45, 7) is 5.81. The molecule has 5 heteroatoms. The highest BCUT2D eigenvalue weighted by atomic mass is 35.5. The number of carbonyl (C=O) groups excluding carboxylic acids is 1. The molecule has 0 saturated heterocycles. The van der Waals surface area contributed by atoms with E-state index in [0.29, 0.717) is 16.6 Å². The lowest BCUT2D eigenvalue weighted by atomic mass is 10.2. The molecule has 1 amide bonds. The van der Waals surface area contributed by atoms with Crippen LogP contribution in [0.15, 0.2) is 18.2 Å². The van der Waals surface area contributed by atoms with Crippen LogP contribution in [-0.4, -0.2) is 25.0 Å². The third-order valence-corrected chi connectivity index (χ3v) is 2.56. The average Bonchev–Trinajstić information content (AvgIpc) is 2.25. The van der Waals surface area contributed by atoms with Crippen molar-refractivity contribution in [3.63, 3.8) is 0 Å². The molecule has 0 aliphatic carbocycles. The molecule has 0 unspecified atom stereocenters. The molecule has 0 radical (unpaired) electrons. The first-order chi connectivity index (χ1) is 8.00. The SMILES string of the molecule is CC(C)NCCNc1ccc(C(N)=O)cc1Cl. The third kappa shape index (κ3) is 4.63. The normalized spacial score (nSPS) is 10.6. The Hall–Kier alpha value is -1.26. The molecule has 0 atom stereocenters. The van der Waals surface area contributed by atoms with Gasteiger partial charge in [-0.2, -0.15) is 0 Å². The Morgan fingerprint density at radius 1 is 1.41 bits per heavy atom. The minimum atomic E-state index is -0.472. The molecule has 94 valence electrons. The van der Waals surface area contributed by atoms with Crippen molar-refractivity contribution in [2.75, 3.05) is 18.4 Å². The van der Waals surface area contributed by atoms with Crippen molar-refractivity contribution in [2.45, 2.75) is 19.9 Å². The van der Waals surface area contributed by atoms with Gasteiger partial charge in [-0.3, -0.25) is 4.79 Å². The largest absolute Gasteiger partial charge is 0.383 e. The fourth-order valence-corrected chi connectivity index (χ4v) is 1.62. The van der Waals surface area contributed by atoms with Crippen molar-refractivity contribution < 1.29 is 4.79 Å². The number of hydrogen-bond donors (Lipinski definition) is 3. The minimum Gasteiger partial charge on any atom is -0.383 e. The van der Waals surface area contributed by atoms with Crippen molar-refractivity contribution in [3.05, 3.63) is 28.8 Å². The summed E-state index contributed by atoms with van der Waals surface area (Å²) in [5.41, 5.74) is 6.38. The summed E-state index contributed by atoms with van der Waals surface area (Å²) in [5, 5.41) is 6.98. The highest BCUT2D eigenvalue weighted by Gasteiger charge is 2.04. The van der Waals surface area contributed by atoms with E-state index in [1.165, 1.54) is 0 Å². The van der Waals surface area contributed by atoms with E-state index >= 15 is 0 Å². The van der Waals surface area contributed by atoms with Gasteiger partial charge in [0, 0.05) is 24.7 Å². The van der Waals surface area contributed by atoms with Gasteiger partial charge in [-0.05, 0) is 18.2 Å². The Morgan fingerprint density at radius 2 is 2.12 bits per heavy atom. The Balaban J connectivity index is 2.52. The average molecular weight is 256 g/mol. The molecule has 0 heterocycles. The maximum Gasteiger partial charge on any atom is 0.248 e. The van der Waals surface area contributed by atoms with Crippen LogP contribution in [0.1, 0.15) is 24.2 Å². The summed E-state index contributed by atoms with van der Waals surface area (Å²) in [4.78, 5) is 10.9. The van der Waals surface area contributed by atoms with E-state index in [0.717, 1.165) is 18.8 Å². The van der Waals surface area contributed by atoms with E-state index in [1.54, 1.807) is 18.2 Å². The highest BCUT2D eigenvalue weighted by molar-refractivity contribution is 6.33. The molecule has 0 bridgehead atoms. The zero-order chi connectivity index (χ0) is 12.8. The summed E-state index contributed by atoms with van der Waals surface area (Å²) in [5.74, 6) is -0.472. The molecule has 4 N–H and O–H groups in total. The Morgan fingerprint density at radius 3 is 2.65 bits per heavy atom. The summed E-state index contributed by atoms with van der Waals surface area (Å²) in [6.07, 6.45) is 0. The van der Waals surface area contributed by atoms with Gasteiger partial charge >= 0.3 is 0 Å². The fraction of sp³-hybridized carbons (Fsp3) is 0.417. The van der Waals surface area contributed by atoms with Crippen molar-refractivity contribution in [3.8, 4) is 0 Å². The second-order valence-corrected chi connectivity index (χ2v) is 4.50. The Bertz CT molecular complexity index is 393. The maximum atomic E-state index is 10.9. The highest BCUT2D eigenvalue weighted by Crippen LogP contribution is 2.22. The lowest BCUT2D eigenvalue weighted by molar-refractivity contribution is 0.100. The molecule has 4 nitrogen and oxygen atoms in total. The number of rotatable bonds is 6.